The van der Waals surface area contributed by atoms with Crippen LogP contribution in [0.4, 0.5) is 0 Å². The third-order valence-corrected chi connectivity index (χ3v) is 5.04. The Labute approximate surface area is 148 Å². The average molecular weight is 337 g/mol. The number of rotatable bonds is 3. The van der Waals surface area contributed by atoms with Crippen molar-refractivity contribution >= 4 is 22.4 Å². The topological polar surface area (TPSA) is 15.3 Å². The molecule has 1 unspecified atom stereocenters. The van der Waals surface area contributed by atoms with E-state index in [0.717, 1.165) is 31.2 Å². The Morgan fingerprint density at radius 1 is 0.792 bits per heavy atom. The van der Waals surface area contributed by atoms with Crippen LogP contribution in [-0.2, 0) is 0 Å². The summed E-state index contributed by atoms with van der Waals surface area (Å²) in [7, 11) is 0. The van der Waals surface area contributed by atoms with Gasteiger partial charge in [-0.3, -0.25) is 4.90 Å². The van der Waals surface area contributed by atoms with E-state index in [2.05, 4.69) is 64.8 Å². The van der Waals surface area contributed by atoms with Crippen LogP contribution in [0.15, 0.2) is 66.7 Å². The zero-order valence-corrected chi connectivity index (χ0v) is 14.3. The van der Waals surface area contributed by atoms with E-state index in [1.165, 1.54) is 21.9 Å². The van der Waals surface area contributed by atoms with Gasteiger partial charge in [0.05, 0.1) is 6.04 Å². The molecule has 0 aromatic heterocycles. The van der Waals surface area contributed by atoms with Crippen LogP contribution in [0.25, 0.3) is 10.8 Å². The summed E-state index contributed by atoms with van der Waals surface area (Å²) < 4.78 is 0. The molecule has 4 rings (SSSR count). The van der Waals surface area contributed by atoms with E-state index in [1.54, 1.807) is 0 Å². The predicted molar refractivity (Wildman–Crippen MR) is 102 cm³/mol. The van der Waals surface area contributed by atoms with Crippen LogP contribution in [-0.4, -0.2) is 31.1 Å². The van der Waals surface area contributed by atoms with Crippen molar-refractivity contribution in [3.8, 4) is 0 Å². The molecular weight excluding hydrogens is 316 g/mol. The maximum atomic E-state index is 6.10. The van der Waals surface area contributed by atoms with Crippen LogP contribution in [0.3, 0.4) is 0 Å². The summed E-state index contributed by atoms with van der Waals surface area (Å²) in [5.41, 5.74) is 2.65. The molecule has 0 radical (unpaired) electrons. The van der Waals surface area contributed by atoms with Crippen molar-refractivity contribution in [3.05, 3.63) is 82.9 Å². The minimum atomic E-state index is 0.272. The van der Waals surface area contributed by atoms with E-state index in [-0.39, 0.29) is 6.04 Å². The molecule has 0 saturated carbocycles. The van der Waals surface area contributed by atoms with Crippen LogP contribution in [0.5, 0.6) is 0 Å². The van der Waals surface area contributed by atoms with Crippen molar-refractivity contribution in [2.45, 2.75) is 6.04 Å². The van der Waals surface area contributed by atoms with E-state index < -0.39 is 0 Å². The molecule has 0 bridgehead atoms. The first-order valence-corrected chi connectivity index (χ1v) is 8.88. The number of benzene rings is 3. The fourth-order valence-corrected chi connectivity index (χ4v) is 3.70. The molecule has 1 aliphatic rings. The number of piperazine rings is 1. The van der Waals surface area contributed by atoms with Crippen LogP contribution in [0, 0.1) is 0 Å². The Morgan fingerprint density at radius 3 is 2.21 bits per heavy atom. The fraction of sp³-hybridized carbons (Fsp3) is 0.238. The van der Waals surface area contributed by atoms with Crippen LogP contribution >= 0.6 is 11.6 Å². The van der Waals surface area contributed by atoms with Gasteiger partial charge >= 0.3 is 0 Å². The molecule has 1 saturated heterocycles. The second-order valence-electron chi connectivity index (χ2n) is 6.35. The summed E-state index contributed by atoms with van der Waals surface area (Å²) >= 11 is 6.10. The standard InChI is InChI=1S/C21H21ClN2/c22-20-9-7-17(8-10-20)21(24-13-11-23-12-14-24)19-6-5-16-3-1-2-4-18(16)15-19/h1-10,15,21,23H,11-14H2. The van der Waals surface area contributed by atoms with E-state index in [0.29, 0.717) is 0 Å². The molecule has 0 spiro atoms. The molecule has 1 N–H and O–H groups in total. The Morgan fingerprint density at radius 2 is 1.46 bits per heavy atom. The molecule has 0 amide bonds. The lowest BCUT2D eigenvalue weighted by molar-refractivity contribution is 0.198. The molecule has 1 aliphatic heterocycles. The fourth-order valence-electron chi connectivity index (χ4n) is 3.58. The minimum absolute atomic E-state index is 0.272. The second-order valence-corrected chi connectivity index (χ2v) is 6.78. The number of hydrogen-bond acceptors (Lipinski definition) is 2. The van der Waals surface area contributed by atoms with E-state index in [9.17, 15) is 0 Å². The van der Waals surface area contributed by atoms with Crippen molar-refractivity contribution in [2.24, 2.45) is 0 Å². The maximum absolute atomic E-state index is 6.10. The summed E-state index contributed by atoms with van der Waals surface area (Å²) in [6.45, 7) is 4.19. The zero-order chi connectivity index (χ0) is 16.4. The summed E-state index contributed by atoms with van der Waals surface area (Å²) in [6, 6.07) is 24.0. The lowest BCUT2D eigenvalue weighted by Crippen LogP contribution is -2.45. The Hall–Kier alpha value is -1.87. The molecule has 3 heteroatoms. The van der Waals surface area contributed by atoms with Crippen molar-refractivity contribution in [1.29, 1.82) is 0 Å². The first-order valence-electron chi connectivity index (χ1n) is 8.50. The van der Waals surface area contributed by atoms with E-state index in [4.69, 9.17) is 11.6 Å². The number of nitrogens with one attached hydrogen (secondary N) is 1. The van der Waals surface area contributed by atoms with Gasteiger partial charge in [0, 0.05) is 31.2 Å². The third-order valence-electron chi connectivity index (χ3n) is 4.79. The molecule has 0 aliphatic carbocycles. The van der Waals surface area contributed by atoms with Crippen molar-refractivity contribution in [2.75, 3.05) is 26.2 Å². The molecule has 1 atom stereocenters. The van der Waals surface area contributed by atoms with E-state index in [1.807, 2.05) is 12.1 Å². The Balaban J connectivity index is 1.79. The molecule has 2 nitrogen and oxygen atoms in total. The second kappa shape index (κ2) is 6.94. The van der Waals surface area contributed by atoms with Gasteiger partial charge in [0.25, 0.3) is 0 Å². The molecule has 24 heavy (non-hydrogen) atoms. The monoisotopic (exact) mass is 336 g/mol. The Kier molecular flexibility index (Phi) is 4.52. The molecular formula is C21H21ClN2. The summed E-state index contributed by atoms with van der Waals surface area (Å²) in [6.07, 6.45) is 0. The van der Waals surface area contributed by atoms with Gasteiger partial charge in [0.1, 0.15) is 0 Å². The largest absolute Gasteiger partial charge is 0.314 e. The van der Waals surface area contributed by atoms with Crippen molar-refractivity contribution < 1.29 is 0 Å². The zero-order valence-electron chi connectivity index (χ0n) is 13.6. The summed E-state index contributed by atoms with van der Waals surface area (Å²) in [5.74, 6) is 0. The van der Waals surface area contributed by atoms with Crippen LogP contribution < -0.4 is 5.32 Å². The molecule has 1 heterocycles. The number of hydrogen-bond donors (Lipinski definition) is 1. The lowest BCUT2D eigenvalue weighted by Gasteiger charge is -2.35. The normalized spacial score (nSPS) is 17.0. The van der Waals surface area contributed by atoms with Crippen LogP contribution in [0.1, 0.15) is 17.2 Å². The van der Waals surface area contributed by atoms with Gasteiger partial charge < -0.3 is 5.32 Å². The van der Waals surface area contributed by atoms with Gasteiger partial charge in [0.2, 0.25) is 0 Å². The highest BCUT2D eigenvalue weighted by Crippen LogP contribution is 2.31. The third kappa shape index (κ3) is 3.18. The van der Waals surface area contributed by atoms with Gasteiger partial charge in [-0.1, -0.05) is 60.1 Å². The summed E-state index contributed by atoms with van der Waals surface area (Å²) in [5, 5.41) is 6.82. The minimum Gasteiger partial charge on any atom is -0.314 e. The van der Waals surface area contributed by atoms with Gasteiger partial charge in [-0.2, -0.15) is 0 Å². The Bertz CT molecular complexity index is 823. The molecule has 3 aromatic rings. The first-order chi connectivity index (χ1) is 11.8. The van der Waals surface area contributed by atoms with Crippen molar-refractivity contribution in [1.82, 2.24) is 10.2 Å². The highest BCUT2D eigenvalue weighted by atomic mass is 35.5. The van der Waals surface area contributed by atoms with Crippen molar-refractivity contribution in [3.63, 3.8) is 0 Å². The molecule has 122 valence electrons. The predicted octanol–water partition coefficient (Wildman–Crippen LogP) is 4.49. The number of fused-ring (bicyclic) bond motifs is 1. The average Bonchev–Trinajstić information content (AvgIpc) is 2.64. The highest BCUT2D eigenvalue weighted by Gasteiger charge is 2.24. The molecule has 1 fully saturated rings. The highest BCUT2D eigenvalue weighted by molar-refractivity contribution is 6.30. The van der Waals surface area contributed by atoms with Gasteiger partial charge in [-0.05, 0) is 40.1 Å². The lowest BCUT2D eigenvalue weighted by atomic mass is 9.94. The molecule has 3 aromatic carbocycles. The van der Waals surface area contributed by atoms with Gasteiger partial charge in [-0.25, -0.2) is 0 Å². The van der Waals surface area contributed by atoms with Crippen LogP contribution in [0.2, 0.25) is 5.02 Å². The quantitative estimate of drug-likeness (QED) is 0.758. The smallest absolute Gasteiger partial charge is 0.0602 e. The van der Waals surface area contributed by atoms with Gasteiger partial charge in [0.15, 0.2) is 0 Å². The SMILES string of the molecule is Clc1ccc(C(c2ccc3ccccc3c2)N2CCNCC2)cc1. The number of halogens is 1. The van der Waals surface area contributed by atoms with Gasteiger partial charge in [-0.15, -0.1) is 0 Å². The maximum Gasteiger partial charge on any atom is 0.0602 e. The number of nitrogens with zero attached hydrogens (tertiary/aromatic N) is 1. The first kappa shape index (κ1) is 15.6. The van der Waals surface area contributed by atoms with E-state index >= 15 is 0 Å². The summed E-state index contributed by atoms with van der Waals surface area (Å²) in [4.78, 5) is 2.56.